The molecule has 5 heteroatoms. The number of nitrogens with one attached hydrogen (secondary N) is 1. The quantitative estimate of drug-likeness (QED) is 0.821. The number of para-hydroxylation sites is 1. The third-order valence-corrected chi connectivity index (χ3v) is 3.94. The lowest BCUT2D eigenvalue weighted by Gasteiger charge is -2.22. The van der Waals surface area contributed by atoms with Gasteiger partial charge in [0, 0.05) is 22.4 Å². The highest BCUT2D eigenvalue weighted by Gasteiger charge is 2.34. The minimum Gasteiger partial charge on any atom is -0.318 e. The van der Waals surface area contributed by atoms with Crippen molar-refractivity contribution >= 4 is 34.8 Å². The summed E-state index contributed by atoms with van der Waals surface area (Å²) in [6, 6.07) is 14.3. The van der Waals surface area contributed by atoms with Crippen LogP contribution < -0.4 is 10.2 Å². The summed E-state index contributed by atoms with van der Waals surface area (Å²) in [5.74, 6) is -1.22. The molecule has 22 heavy (non-hydrogen) atoms. The van der Waals surface area contributed by atoms with Crippen molar-refractivity contribution in [1.29, 1.82) is 0 Å². The van der Waals surface area contributed by atoms with Crippen molar-refractivity contribution in [2.24, 2.45) is 0 Å². The maximum atomic E-state index is 12.5. The molecule has 0 bridgehead atoms. The first-order valence-corrected chi connectivity index (χ1v) is 7.42. The molecule has 112 valence electrons. The average molecular weight is 315 g/mol. The van der Waals surface area contributed by atoms with Crippen molar-refractivity contribution < 1.29 is 9.59 Å². The van der Waals surface area contributed by atoms with Crippen LogP contribution in [0.15, 0.2) is 48.5 Å². The zero-order valence-corrected chi connectivity index (χ0v) is 12.8. The first-order valence-electron chi connectivity index (χ1n) is 7.04. The van der Waals surface area contributed by atoms with Crippen LogP contribution in [0.4, 0.5) is 11.4 Å². The Hall–Kier alpha value is -2.33. The number of rotatable bonds is 1. The molecular weight excluding hydrogens is 300 g/mol. The lowest BCUT2D eigenvalue weighted by Crippen LogP contribution is -2.43. The van der Waals surface area contributed by atoms with Gasteiger partial charge in [0.05, 0.1) is 0 Å². The monoisotopic (exact) mass is 314 g/mol. The Balaban J connectivity index is 1.80. The van der Waals surface area contributed by atoms with Crippen LogP contribution in [0, 0.1) is 0 Å². The van der Waals surface area contributed by atoms with Crippen molar-refractivity contribution in [1.82, 2.24) is 0 Å². The Morgan fingerprint density at radius 3 is 2.73 bits per heavy atom. The summed E-state index contributed by atoms with van der Waals surface area (Å²) in [7, 11) is 0. The van der Waals surface area contributed by atoms with Gasteiger partial charge in [0.1, 0.15) is 0 Å². The molecule has 0 aliphatic carbocycles. The van der Waals surface area contributed by atoms with Gasteiger partial charge in [-0.1, -0.05) is 35.9 Å². The van der Waals surface area contributed by atoms with Crippen molar-refractivity contribution in [2.45, 2.75) is 19.4 Å². The van der Waals surface area contributed by atoms with Crippen LogP contribution >= 0.6 is 11.6 Å². The van der Waals surface area contributed by atoms with E-state index in [1.165, 1.54) is 0 Å². The first kappa shape index (κ1) is 14.6. The molecule has 0 fully saturated rings. The summed E-state index contributed by atoms with van der Waals surface area (Å²) >= 11 is 5.88. The van der Waals surface area contributed by atoms with Gasteiger partial charge in [0.2, 0.25) is 0 Å². The molecule has 0 radical (unpaired) electrons. The number of benzene rings is 2. The van der Waals surface area contributed by atoms with E-state index in [2.05, 4.69) is 5.32 Å². The largest absolute Gasteiger partial charge is 0.318 e. The fourth-order valence-electron chi connectivity index (χ4n) is 2.74. The minimum absolute atomic E-state index is 0.0324. The van der Waals surface area contributed by atoms with Gasteiger partial charge in [-0.05, 0) is 43.2 Å². The van der Waals surface area contributed by atoms with Crippen molar-refractivity contribution in [3.63, 3.8) is 0 Å². The zero-order valence-electron chi connectivity index (χ0n) is 12.0. The van der Waals surface area contributed by atoms with Gasteiger partial charge in [-0.15, -0.1) is 0 Å². The molecule has 2 aromatic rings. The number of fused-ring (bicyclic) bond motifs is 1. The fraction of sp³-hybridized carbons (Fsp3) is 0.176. The van der Waals surface area contributed by atoms with E-state index in [0.29, 0.717) is 10.7 Å². The van der Waals surface area contributed by atoms with E-state index in [0.717, 1.165) is 17.7 Å². The number of halogens is 1. The Kier molecular flexibility index (Phi) is 3.86. The van der Waals surface area contributed by atoms with Crippen LogP contribution in [0.5, 0.6) is 0 Å². The molecule has 1 aliphatic rings. The van der Waals surface area contributed by atoms with Gasteiger partial charge in [-0.2, -0.15) is 0 Å². The second-order valence-corrected chi connectivity index (χ2v) is 5.76. The van der Waals surface area contributed by atoms with Crippen LogP contribution in [-0.4, -0.2) is 17.9 Å². The Labute approximate surface area is 133 Å². The molecular formula is C17H15ClN2O2. The maximum absolute atomic E-state index is 12.5. The standard InChI is InChI=1S/C17H15ClN2O2/c1-11-9-12-5-2-3-8-15(12)20(11)17(22)16(21)19-14-7-4-6-13(18)10-14/h2-8,10-11H,9H2,1H3,(H,19,21). The van der Waals surface area contributed by atoms with E-state index >= 15 is 0 Å². The topological polar surface area (TPSA) is 49.4 Å². The highest BCUT2D eigenvalue weighted by molar-refractivity contribution is 6.44. The van der Waals surface area contributed by atoms with Crippen molar-refractivity contribution in [3.05, 3.63) is 59.1 Å². The molecule has 2 amide bonds. The number of amides is 2. The number of nitrogens with zero attached hydrogens (tertiary/aromatic N) is 1. The average Bonchev–Trinajstić information content (AvgIpc) is 2.82. The summed E-state index contributed by atoms with van der Waals surface area (Å²) in [5.41, 5.74) is 2.39. The van der Waals surface area contributed by atoms with E-state index in [4.69, 9.17) is 11.6 Å². The summed E-state index contributed by atoms with van der Waals surface area (Å²) < 4.78 is 0. The first-order chi connectivity index (χ1) is 10.6. The van der Waals surface area contributed by atoms with Crippen LogP contribution in [-0.2, 0) is 16.0 Å². The summed E-state index contributed by atoms with van der Waals surface area (Å²) in [6.45, 7) is 1.94. The molecule has 1 N–H and O–H groups in total. The van der Waals surface area contributed by atoms with E-state index in [-0.39, 0.29) is 6.04 Å². The molecule has 2 aromatic carbocycles. The fourth-order valence-corrected chi connectivity index (χ4v) is 2.93. The van der Waals surface area contributed by atoms with Gasteiger partial charge in [-0.3, -0.25) is 9.59 Å². The van der Waals surface area contributed by atoms with Crippen LogP contribution in [0.2, 0.25) is 5.02 Å². The third-order valence-electron chi connectivity index (χ3n) is 3.70. The van der Waals surface area contributed by atoms with Crippen LogP contribution in [0.3, 0.4) is 0 Å². The van der Waals surface area contributed by atoms with E-state index < -0.39 is 11.8 Å². The van der Waals surface area contributed by atoms with Crippen molar-refractivity contribution in [2.75, 3.05) is 10.2 Å². The molecule has 0 spiro atoms. The van der Waals surface area contributed by atoms with Crippen molar-refractivity contribution in [3.8, 4) is 0 Å². The van der Waals surface area contributed by atoms with Crippen LogP contribution in [0.1, 0.15) is 12.5 Å². The summed E-state index contributed by atoms with van der Waals surface area (Å²) in [6.07, 6.45) is 0.756. The zero-order chi connectivity index (χ0) is 15.7. The van der Waals surface area contributed by atoms with E-state index in [1.807, 2.05) is 31.2 Å². The molecule has 1 aliphatic heterocycles. The second kappa shape index (κ2) is 5.81. The Morgan fingerprint density at radius 1 is 1.18 bits per heavy atom. The van der Waals surface area contributed by atoms with Gasteiger partial charge < -0.3 is 10.2 Å². The normalized spacial score (nSPS) is 16.3. The van der Waals surface area contributed by atoms with E-state index in [1.54, 1.807) is 29.2 Å². The lowest BCUT2D eigenvalue weighted by atomic mass is 10.1. The SMILES string of the molecule is CC1Cc2ccccc2N1C(=O)C(=O)Nc1cccc(Cl)c1. The van der Waals surface area contributed by atoms with Gasteiger partial charge in [-0.25, -0.2) is 0 Å². The molecule has 3 rings (SSSR count). The maximum Gasteiger partial charge on any atom is 0.316 e. The summed E-state index contributed by atoms with van der Waals surface area (Å²) in [4.78, 5) is 26.3. The summed E-state index contributed by atoms with van der Waals surface area (Å²) in [5, 5.41) is 3.10. The van der Waals surface area contributed by atoms with Gasteiger partial charge >= 0.3 is 11.8 Å². The highest BCUT2D eigenvalue weighted by Crippen LogP contribution is 2.31. The lowest BCUT2D eigenvalue weighted by molar-refractivity contribution is -0.134. The molecule has 0 aromatic heterocycles. The Morgan fingerprint density at radius 2 is 1.95 bits per heavy atom. The number of carbonyl (C=O) groups excluding carboxylic acids is 2. The van der Waals surface area contributed by atoms with E-state index in [9.17, 15) is 9.59 Å². The van der Waals surface area contributed by atoms with Gasteiger partial charge in [0.25, 0.3) is 0 Å². The minimum atomic E-state index is -0.661. The number of hydrogen-bond acceptors (Lipinski definition) is 2. The number of anilines is 2. The number of carbonyl (C=O) groups is 2. The highest BCUT2D eigenvalue weighted by atomic mass is 35.5. The molecule has 4 nitrogen and oxygen atoms in total. The molecule has 1 atom stereocenters. The number of hydrogen-bond donors (Lipinski definition) is 1. The Bertz CT molecular complexity index is 745. The van der Waals surface area contributed by atoms with Gasteiger partial charge in [0.15, 0.2) is 0 Å². The molecule has 0 saturated carbocycles. The predicted octanol–water partition coefficient (Wildman–Crippen LogP) is 3.26. The molecule has 1 heterocycles. The molecule has 1 unspecified atom stereocenters. The third kappa shape index (κ3) is 2.70. The predicted molar refractivity (Wildman–Crippen MR) is 87.2 cm³/mol. The van der Waals surface area contributed by atoms with Crippen LogP contribution in [0.25, 0.3) is 0 Å². The molecule has 0 saturated heterocycles. The second-order valence-electron chi connectivity index (χ2n) is 5.32. The smallest absolute Gasteiger partial charge is 0.316 e.